The summed E-state index contributed by atoms with van der Waals surface area (Å²) < 4.78 is 11.5. The highest BCUT2D eigenvalue weighted by molar-refractivity contribution is 7.80. The van der Waals surface area contributed by atoms with E-state index < -0.39 is 0 Å². The molecule has 0 aromatic carbocycles. The fraction of sp³-hybridized carbons (Fsp3) is 0.933. The third-order valence-electron chi connectivity index (χ3n) is 4.27. The largest absolute Gasteiger partial charge is 0.376 e. The van der Waals surface area contributed by atoms with Crippen molar-refractivity contribution < 1.29 is 9.47 Å². The normalized spacial score (nSPS) is 30.1. The van der Waals surface area contributed by atoms with Gasteiger partial charge in [0.2, 0.25) is 0 Å². The van der Waals surface area contributed by atoms with Crippen LogP contribution in [0.3, 0.4) is 0 Å². The summed E-state index contributed by atoms with van der Waals surface area (Å²) in [6.07, 6.45) is 8.26. The van der Waals surface area contributed by atoms with E-state index >= 15 is 0 Å². The highest BCUT2D eigenvalue weighted by atomic mass is 32.1. The molecule has 3 unspecified atom stereocenters. The number of thiocarbonyl (C=S) groups is 1. The van der Waals surface area contributed by atoms with Gasteiger partial charge in [0.1, 0.15) is 0 Å². The third kappa shape index (κ3) is 5.54. The molecule has 1 saturated heterocycles. The van der Waals surface area contributed by atoms with Gasteiger partial charge >= 0.3 is 0 Å². The van der Waals surface area contributed by atoms with Gasteiger partial charge in [-0.1, -0.05) is 19.8 Å². The van der Waals surface area contributed by atoms with Gasteiger partial charge in [-0.2, -0.15) is 0 Å². The van der Waals surface area contributed by atoms with E-state index in [4.69, 9.17) is 21.7 Å². The molecule has 1 heterocycles. The van der Waals surface area contributed by atoms with E-state index in [0.717, 1.165) is 32.7 Å². The quantitative estimate of drug-likeness (QED) is 0.582. The lowest BCUT2D eigenvalue weighted by Crippen LogP contribution is -2.41. The Bertz CT molecular complexity index is 296. The molecule has 0 radical (unpaired) electrons. The average Bonchev–Trinajstić information content (AvgIpc) is 2.96. The monoisotopic (exact) mass is 300 g/mol. The van der Waals surface area contributed by atoms with E-state index in [1.54, 1.807) is 0 Å². The van der Waals surface area contributed by atoms with E-state index in [2.05, 4.69) is 17.6 Å². The van der Waals surface area contributed by atoms with Gasteiger partial charge < -0.3 is 20.1 Å². The standard InChI is InChI=1S/C15H28N2O2S/c1-12-5-2-3-7-14(12)19-10-8-16-15(20)17-11-13-6-4-9-18-13/h12-14H,2-11H2,1H3,(H2,16,17,20). The minimum atomic E-state index is 0.328. The summed E-state index contributed by atoms with van der Waals surface area (Å²) in [4.78, 5) is 0. The lowest BCUT2D eigenvalue weighted by Gasteiger charge is -2.28. The van der Waals surface area contributed by atoms with Crippen molar-refractivity contribution in [1.82, 2.24) is 10.6 Å². The topological polar surface area (TPSA) is 42.5 Å². The SMILES string of the molecule is CC1CCCCC1OCCNC(=S)NCC1CCCO1. The summed E-state index contributed by atoms with van der Waals surface area (Å²) >= 11 is 5.25. The Morgan fingerprint density at radius 2 is 2.05 bits per heavy atom. The average molecular weight is 300 g/mol. The van der Waals surface area contributed by atoms with Crippen LogP contribution in [-0.4, -0.2) is 43.6 Å². The summed E-state index contributed by atoms with van der Waals surface area (Å²) in [5, 5.41) is 7.12. The third-order valence-corrected chi connectivity index (χ3v) is 4.56. The second kappa shape index (κ2) is 8.80. The molecule has 1 aliphatic carbocycles. The van der Waals surface area contributed by atoms with Crippen LogP contribution in [0.25, 0.3) is 0 Å². The first-order valence-corrected chi connectivity index (χ1v) is 8.41. The minimum absolute atomic E-state index is 0.328. The zero-order valence-electron chi connectivity index (χ0n) is 12.5. The number of hydrogen-bond acceptors (Lipinski definition) is 3. The molecule has 1 saturated carbocycles. The molecule has 0 spiro atoms. The second-order valence-corrected chi connectivity index (χ2v) is 6.35. The van der Waals surface area contributed by atoms with Gasteiger partial charge in [-0.3, -0.25) is 0 Å². The molecule has 2 rings (SSSR count). The van der Waals surface area contributed by atoms with Crippen molar-refractivity contribution in [3.05, 3.63) is 0 Å². The van der Waals surface area contributed by atoms with Crippen LogP contribution in [0.1, 0.15) is 45.4 Å². The fourth-order valence-corrected chi connectivity index (χ4v) is 3.16. The molecule has 0 bridgehead atoms. The van der Waals surface area contributed by atoms with E-state index in [1.807, 2.05) is 0 Å². The molecule has 116 valence electrons. The molecule has 1 aliphatic heterocycles. The van der Waals surface area contributed by atoms with Crippen molar-refractivity contribution in [2.45, 2.75) is 57.7 Å². The lowest BCUT2D eigenvalue weighted by atomic mass is 9.88. The van der Waals surface area contributed by atoms with E-state index in [0.29, 0.717) is 23.2 Å². The van der Waals surface area contributed by atoms with Crippen molar-refractivity contribution in [2.24, 2.45) is 5.92 Å². The zero-order chi connectivity index (χ0) is 14.2. The van der Waals surface area contributed by atoms with Crippen LogP contribution in [-0.2, 0) is 9.47 Å². The first-order chi connectivity index (χ1) is 9.75. The van der Waals surface area contributed by atoms with Crippen LogP contribution < -0.4 is 10.6 Å². The molecule has 4 nitrogen and oxygen atoms in total. The van der Waals surface area contributed by atoms with Crippen molar-refractivity contribution in [3.8, 4) is 0 Å². The summed E-state index contributed by atoms with van der Waals surface area (Å²) in [7, 11) is 0. The molecule has 20 heavy (non-hydrogen) atoms. The van der Waals surface area contributed by atoms with Crippen LogP contribution in [0.5, 0.6) is 0 Å². The van der Waals surface area contributed by atoms with Gasteiger partial charge in [-0.05, 0) is 43.8 Å². The fourth-order valence-electron chi connectivity index (χ4n) is 2.98. The predicted molar refractivity (Wildman–Crippen MR) is 84.9 cm³/mol. The highest BCUT2D eigenvalue weighted by Crippen LogP contribution is 2.25. The molecular formula is C15H28N2O2S. The minimum Gasteiger partial charge on any atom is -0.376 e. The molecule has 2 aliphatic rings. The van der Waals surface area contributed by atoms with Crippen LogP contribution in [0.15, 0.2) is 0 Å². The van der Waals surface area contributed by atoms with Crippen molar-refractivity contribution in [3.63, 3.8) is 0 Å². The Morgan fingerprint density at radius 1 is 1.20 bits per heavy atom. The molecule has 0 aromatic rings. The number of hydrogen-bond donors (Lipinski definition) is 2. The Kier molecular flexibility index (Phi) is 7.03. The Balaban J connectivity index is 1.48. The van der Waals surface area contributed by atoms with Gasteiger partial charge in [-0.15, -0.1) is 0 Å². The molecule has 2 fully saturated rings. The summed E-state index contributed by atoms with van der Waals surface area (Å²) in [6.45, 7) is 5.51. The number of nitrogens with one attached hydrogen (secondary N) is 2. The smallest absolute Gasteiger partial charge is 0.166 e. The van der Waals surface area contributed by atoms with Gasteiger partial charge in [0.25, 0.3) is 0 Å². The van der Waals surface area contributed by atoms with E-state index in [1.165, 1.54) is 32.1 Å². The van der Waals surface area contributed by atoms with Crippen LogP contribution >= 0.6 is 12.2 Å². The predicted octanol–water partition coefficient (Wildman–Crippen LogP) is 2.22. The zero-order valence-corrected chi connectivity index (χ0v) is 13.3. The Hall–Kier alpha value is -0.390. The molecule has 2 N–H and O–H groups in total. The lowest BCUT2D eigenvalue weighted by molar-refractivity contribution is -0.00199. The van der Waals surface area contributed by atoms with Crippen molar-refractivity contribution in [1.29, 1.82) is 0 Å². The molecule has 0 amide bonds. The Labute approximate surface area is 128 Å². The summed E-state index contributed by atoms with van der Waals surface area (Å²) in [5.41, 5.74) is 0. The second-order valence-electron chi connectivity index (χ2n) is 5.94. The Morgan fingerprint density at radius 3 is 2.80 bits per heavy atom. The van der Waals surface area contributed by atoms with Crippen LogP contribution in [0.2, 0.25) is 0 Å². The molecule has 0 aromatic heterocycles. The molecule has 5 heteroatoms. The summed E-state index contributed by atoms with van der Waals surface area (Å²) in [6, 6.07) is 0. The number of ether oxygens (including phenoxy) is 2. The number of rotatable bonds is 6. The van der Waals surface area contributed by atoms with E-state index in [9.17, 15) is 0 Å². The van der Waals surface area contributed by atoms with Gasteiger partial charge in [0.15, 0.2) is 5.11 Å². The first kappa shape index (κ1) is 16.0. The first-order valence-electron chi connectivity index (χ1n) is 8.00. The molecule has 3 atom stereocenters. The van der Waals surface area contributed by atoms with Crippen molar-refractivity contribution >= 4 is 17.3 Å². The van der Waals surface area contributed by atoms with Gasteiger partial charge in [0, 0.05) is 19.7 Å². The summed E-state index contributed by atoms with van der Waals surface area (Å²) in [5.74, 6) is 0.702. The van der Waals surface area contributed by atoms with Gasteiger partial charge in [-0.25, -0.2) is 0 Å². The maximum absolute atomic E-state index is 5.95. The molecular weight excluding hydrogens is 272 g/mol. The highest BCUT2D eigenvalue weighted by Gasteiger charge is 2.21. The van der Waals surface area contributed by atoms with Gasteiger partial charge in [0.05, 0.1) is 18.8 Å². The van der Waals surface area contributed by atoms with Crippen molar-refractivity contribution in [2.75, 3.05) is 26.3 Å². The van der Waals surface area contributed by atoms with E-state index in [-0.39, 0.29) is 0 Å². The maximum atomic E-state index is 5.95. The van der Waals surface area contributed by atoms with Crippen LogP contribution in [0, 0.1) is 5.92 Å². The maximum Gasteiger partial charge on any atom is 0.166 e. The van der Waals surface area contributed by atoms with Crippen LogP contribution in [0.4, 0.5) is 0 Å².